The van der Waals surface area contributed by atoms with Crippen molar-refractivity contribution in [3.8, 4) is 0 Å². The van der Waals surface area contributed by atoms with Crippen molar-refractivity contribution in [2.75, 3.05) is 26.2 Å². The van der Waals surface area contributed by atoms with Crippen LogP contribution in [-0.4, -0.2) is 43.4 Å². The highest BCUT2D eigenvalue weighted by molar-refractivity contribution is 4.79. The van der Waals surface area contributed by atoms with Gasteiger partial charge in [-0.2, -0.15) is 0 Å². The number of alkyl halides is 1. The quantitative estimate of drug-likeness (QED) is 0.712. The molecule has 0 N–H and O–H groups in total. The van der Waals surface area contributed by atoms with Crippen molar-refractivity contribution in [2.24, 2.45) is 11.8 Å². The lowest BCUT2D eigenvalue weighted by Gasteiger charge is -2.33. The van der Waals surface area contributed by atoms with E-state index < -0.39 is 6.17 Å². The zero-order valence-corrected chi connectivity index (χ0v) is 14.1. The first-order valence-corrected chi connectivity index (χ1v) is 9.77. The summed E-state index contributed by atoms with van der Waals surface area (Å²) in [7, 11) is 0. The molecule has 3 aliphatic rings. The molecule has 0 radical (unpaired) electrons. The molecule has 3 rings (SSSR count). The van der Waals surface area contributed by atoms with Gasteiger partial charge in [-0.3, -0.25) is 0 Å². The molecular formula is C19H34FNO. The highest BCUT2D eigenvalue weighted by atomic mass is 19.1. The highest BCUT2D eigenvalue weighted by Crippen LogP contribution is 2.36. The molecule has 0 aromatic carbocycles. The van der Waals surface area contributed by atoms with Crippen LogP contribution in [0.15, 0.2) is 0 Å². The summed E-state index contributed by atoms with van der Waals surface area (Å²) in [5.74, 6) is 1.70. The Bertz CT molecular complexity index is 303. The van der Waals surface area contributed by atoms with Crippen LogP contribution in [0.4, 0.5) is 4.39 Å². The first-order valence-electron chi connectivity index (χ1n) is 9.77. The molecule has 0 bridgehead atoms. The molecule has 1 saturated heterocycles. The van der Waals surface area contributed by atoms with E-state index in [1.165, 1.54) is 58.0 Å². The maximum atomic E-state index is 13.2. The molecular weight excluding hydrogens is 277 g/mol. The Morgan fingerprint density at radius 3 is 2.05 bits per heavy atom. The zero-order chi connectivity index (χ0) is 15.2. The topological polar surface area (TPSA) is 12.5 Å². The molecule has 3 heteroatoms. The molecule has 22 heavy (non-hydrogen) atoms. The first kappa shape index (κ1) is 16.7. The predicted octanol–water partition coefficient (Wildman–Crippen LogP) is 4.58. The van der Waals surface area contributed by atoms with Gasteiger partial charge in [0.05, 0.1) is 12.7 Å². The van der Waals surface area contributed by atoms with E-state index in [0.717, 1.165) is 50.7 Å². The number of hydrogen-bond acceptors (Lipinski definition) is 2. The third kappa shape index (κ3) is 5.19. The second-order valence-electron chi connectivity index (χ2n) is 7.92. The molecule has 2 saturated carbocycles. The molecule has 0 spiro atoms. The van der Waals surface area contributed by atoms with Gasteiger partial charge in [0.15, 0.2) is 0 Å². The molecule has 3 fully saturated rings. The molecule has 2 aliphatic carbocycles. The number of rotatable bonds is 6. The number of halogens is 1. The van der Waals surface area contributed by atoms with E-state index >= 15 is 0 Å². The fourth-order valence-electron chi connectivity index (χ4n) is 4.72. The third-order valence-corrected chi connectivity index (χ3v) is 6.20. The lowest BCUT2D eigenvalue weighted by atomic mass is 9.77. The summed E-state index contributed by atoms with van der Waals surface area (Å²) in [5.41, 5.74) is 0. The highest BCUT2D eigenvalue weighted by Gasteiger charge is 2.27. The minimum Gasteiger partial charge on any atom is -0.377 e. The monoisotopic (exact) mass is 311 g/mol. The normalized spacial score (nSPS) is 37.5. The van der Waals surface area contributed by atoms with Gasteiger partial charge in [0.1, 0.15) is 6.17 Å². The number of hydrogen-bond donors (Lipinski definition) is 0. The Morgan fingerprint density at radius 1 is 0.818 bits per heavy atom. The Balaban J connectivity index is 1.26. The average molecular weight is 311 g/mol. The van der Waals surface area contributed by atoms with E-state index in [0.29, 0.717) is 6.10 Å². The van der Waals surface area contributed by atoms with Gasteiger partial charge in [-0.15, -0.1) is 0 Å². The lowest BCUT2D eigenvalue weighted by Crippen LogP contribution is -2.29. The third-order valence-electron chi connectivity index (χ3n) is 6.20. The summed E-state index contributed by atoms with van der Waals surface area (Å²) in [6, 6.07) is 0. The summed E-state index contributed by atoms with van der Waals surface area (Å²) < 4.78 is 19.3. The van der Waals surface area contributed by atoms with Gasteiger partial charge in [-0.1, -0.05) is 0 Å². The second kappa shape index (κ2) is 8.63. The molecule has 128 valence electrons. The average Bonchev–Trinajstić information content (AvgIpc) is 3.05. The number of nitrogens with zero attached hydrogens (tertiary/aromatic N) is 1. The summed E-state index contributed by atoms with van der Waals surface area (Å²) >= 11 is 0. The van der Waals surface area contributed by atoms with Crippen LogP contribution >= 0.6 is 0 Å². The van der Waals surface area contributed by atoms with Gasteiger partial charge >= 0.3 is 0 Å². The largest absolute Gasteiger partial charge is 0.377 e. The lowest BCUT2D eigenvalue weighted by molar-refractivity contribution is 0.00638. The molecule has 2 nitrogen and oxygen atoms in total. The van der Waals surface area contributed by atoms with Crippen LogP contribution < -0.4 is 0 Å². The van der Waals surface area contributed by atoms with E-state index in [1.54, 1.807) is 0 Å². The molecule has 1 heterocycles. The van der Waals surface area contributed by atoms with Crippen LogP contribution in [0.1, 0.15) is 70.6 Å². The summed E-state index contributed by atoms with van der Waals surface area (Å²) in [5, 5.41) is 0. The molecule has 0 unspecified atom stereocenters. The van der Waals surface area contributed by atoms with Gasteiger partial charge in [0.25, 0.3) is 0 Å². The molecule has 0 atom stereocenters. The minimum absolute atomic E-state index is 0.504. The Morgan fingerprint density at radius 2 is 1.41 bits per heavy atom. The van der Waals surface area contributed by atoms with Crippen molar-refractivity contribution in [3.05, 3.63) is 0 Å². The van der Waals surface area contributed by atoms with Crippen LogP contribution in [0.3, 0.4) is 0 Å². The van der Waals surface area contributed by atoms with Gasteiger partial charge in [-0.05, 0) is 95.6 Å². The van der Waals surface area contributed by atoms with Crippen LogP contribution in [-0.2, 0) is 4.74 Å². The van der Waals surface area contributed by atoms with E-state index in [4.69, 9.17) is 4.74 Å². The molecule has 0 amide bonds. The van der Waals surface area contributed by atoms with Crippen molar-refractivity contribution in [1.82, 2.24) is 4.90 Å². The molecule has 0 aromatic heterocycles. The molecule has 1 aliphatic heterocycles. The van der Waals surface area contributed by atoms with Gasteiger partial charge in [0.2, 0.25) is 0 Å². The van der Waals surface area contributed by atoms with Crippen LogP contribution in [0.2, 0.25) is 0 Å². The first-order chi connectivity index (χ1) is 10.8. The Kier molecular flexibility index (Phi) is 6.55. The standard InChI is InChI=1S/C19H34FNO/c20-18-7-3-16(4-8-18)15-17-5-9-19(10-6-17)22-14-13-21-11-1-2-12-21/h16-19H,1-15H2. The van der Waals surface area contributed by atoms with Crippen molar-refractivity contribution in [1.29, 1.82) is 0 Å². The maximum absolute atomic E-state index is 13.2. The SMILES string of the molecule is FC1CCC(CC2CCC(OCCN3CCCC3)CC2)CC1. The molecule has 0 aromatic rings. The van der Waals surface area contributed by atoms with Crippen LogP contribution in [0, 0.1) is 11.8 Å². The Labute approximate surface area is 135 Å². The minimum atomic E-state index is -0.504. The fraction of sp³-hybridized carbons (Fsp3) is 1.00. The van der Waals surface area contributed by atoms with E-state index in [9.17, 15) is 4.39 Å². The van der Waals surface area contributed by atoms with Crippen molar-refractivity contribution in [3.63, 3.8) is 0 Å². The van der Waals surface area contributed by atoms with E-state index in [1.807, 2.05) is 0 Å². The summed E-state index contributed by atoms with van der Waals surface area (Å²) in [4.78, 5) is 2.53. The zero-order valence-electron chi connectivity index (χ0n) is 14.1. The second-order valence-corrected chi connectivity index (χ2v) is 7.92. The maximum Gasteiger partial charge on any atom is 0.100 e. The van der Waals surface area contributed by atoms with Crippen molar-refractivity contribution < 1.29 is 9.13 Å². The van der Waals surface area contributed by atoms with E-state index in [-0.39, 0.29) is 0 Å². The van der Waals surface area contributed by atoms with Gasteiger partial charge in [0, 0.05) is 6.54 Å². The van der Waals surface area contributed by atoms with Gasteiger partial charge in [-0.25, -0.2) is 4.39 Å². The predicted molar refractivity (Wildman–Crippen MR) is 88.8 cm³/mol. The van der Waals surface area contributed by atoms with Gasteiger partial charge < -0.3 is 9.64 Å². The Hall–Kier alpha value is -0.150. The van der Waals surface area contributed by atoms with Crippen LogP contribution in [0.25, 0.3) is 0 Å². The number of likely N-dealkylation sites (tertiary alicyclic amines) is 1. The fourth-order valence-corrected chi connectivity index (χ4v) is 4.72. The van der Waals surface area contributed by atoms with Crippen molar-refractivity contribution >= 4 is 0 Å². The van der Waals surface area contributed by atoms with Crippen molar-refractivity contribution in [2.45, 2.75) is 82.9 Å². The van der Waals surface area contributed by atoms with Crippen LogP contribution in [0.5, 0.6) is 0 Å². The summed E-state index contributed by atoms with van der Waals surface area (Å²) in [6.07, 6.45) is 13.2. The number of ether oxygens (including phenoxy) is 1. The smallest absolute Gasteiger partial charge is 0.100 e. The summed E-state index contributed by atoms with van der Waals surface area (Å²) in [6.45, 7) is 4.61. The van der Waals surface area contributed by atoms with E-state index in [2.05, 4.69) is 4.90 Å².